The molecule has 0 fully saturated rings. The highest BCUT2D eigenvalue weighted by Crippen LogP contribution is 2.36. The molecule has 4 nitrogen and oxygen atoms in total. The van der Waals surface area contributed by atoms with Gasteiger partial charge in [0.25, 0.3) is 0 Å². The minimum atomic E-state index is -0.785. The lowest BCUT2D eigenvalue weighted by atomic mass is 9.89. The fourth-order valence-electron chi connectivity index (χ4n) is 2.55. The zero-order valence-corrected chi connectivity index (χ0v) is 10.3. The van der Waals surface area contributed by atoms with E-state index < -0.39 is 11.9 Å². The molecule has 2 atom stereocenters. The molecule has 0 saturated carbocycles. The van der Waals surface area contributed by atoms with Crippen molar-refractivity contribution in [2.45, 2.75) is 31.7 Å². The summed E-state index contributed by atoms with van der Waals surface area (Å²) in [6.07, 6.45) is 1.30. The van der Waals surface area contributed by atoms with Crippen molar-refractivity contribution in [2.75, 3.05) is 11.4 Å². The minimum Gasteiger partial charge on any atom is -0.481 e. The fraction of sp³-hybridized carbons (Fsp3) is 0.429. The van der Waals surface area contributed by atoms with Gasteiger partial charge >= 0.3 is 5.97 Å². The molecular formula is C14H16N2O2. The Balaban J connectivity index is 2.43. The molecule has 2 rings (SSSR count). The number of carbonyl (C=O) groups is 1. The largest absolute Gasteiger partial charge is 0.481 e. The van der Waals surface area contributed by atoms with Crippen molar-refractivity contribution in [3.05, 3.63) is 29.8 Å². The second-order valence-electron chi connectivity index (χ2n) is 4.48. The summed E-state index contributed by atoms with van der Waals surface area (Å²) < 4.78 is 0. The fourth-order valence-corrected chi connectivity index (χ4v) is 2.55. The second-order valence-corrected chi connectivity index (χ2v) is 4.48. The first-order valence-corrected chi connectivity index (χ1v) is 6.17. The van der Waals surface area contributed by atoms with Crippen LogP contribution in [0.4, 0.5) is 5.69 Å². The Morgan fingerprint density at radius 2 is 2.33 bits per heavy atom. The van der Waals surface area contributed by atoms with Crippen molar-refractivity contribution in [1.82, 2.24) is 0 Å². The monoisotopic (exact) mass is 244 g/mol. The third-order valence-electron chi connectivity index (χ3n) is 3.49. The molecule has 0 aliphatic carbocycles. The number of hydrogen-bond acceptors (Lipinski definition) is 3. The lowest BCUT2D eigenvalue weighted by Crippen LogP contribution is -2.40. The van der Waals surface area contributed by atoms with Gasteiger partial charge in [0, 0.05) is 12.2 Å². The Bertz CT molecular complexity index is 493. The van der Waals surface area contributed by atoms with E-state index in [2.05, 4.69) is 6.07 Å². The number of nitrogens with zero attached hydrogens (tertiary/aromatic N) is 2. The number of para-hydroxylation sites is 1. The SMILES string of the molecule is CCC(C#N)N1CCC(C(=O)O)c2ccccc21. The number of hydrogen-bond donors (Lipinski definition) is 1. The quantitative estimate of drug-likeness (QED) is 0.886. The average molecular weight is 244 g/mol. The summed E-state index contributed by atoms with van der Waals surface area (Å²) in [7, 11) is 0. The zero-order valence-electron chi connectivity index (χ0n) is 10.3. The van der Waals surface area contributed by atoms with Crippen LogP contribution in [0.25, 0.3) is 0 Å². The van der Waals surface area contributed by atoms with Crippen molar-refractivity contribution < 1.29 is 9.90 Å². The second kappa shape index (κ2) is 5.09. The predicted molar refractivity (Wildman–Crippen MR) is 68.5 cm³/mol. The molecule has 94 valence electrons. The maximum atomic E-state index is 11.2. The molecule has 0 bridgehead atoms. The Kier molecular flexibility index (Phi) is 3.52. The highest BCUT2D eigenvalue weighted by molar-refractivity contribution is 5.80. The molecule has 0 radical (unpaired) electrons. The number of fused-ring (bicyclic) bond motifs is 1. The summed E-state index contributed by atoms with van der Waals surface area (Å²) in [6, 6.07) is 9.61. The van der Waals surface area contributed by atoms with Gasteiger partial charge in [0.1, 0.15) is 6.04 Å². The standard InChI is InChI=1S/C14H16N2O2/c1-2-10(9-15)16-8-7-12(14(17)18)11-5-3-4-6-13(11)16/h3-6,10,12H,2,7-8H2,1H3,(H,17,18). The normalized spacial score (nSPS) is 19.8. The molecule has 18 heavy (non-hydrogen) atoms. The van der Waals surface area contributed by atoms with Gasteiger partial charge in [0.15, 0.2) is 0 Å². The molecule has 1 aromatic carbocycles. The molecule has 0 saturated heterocycles. The number of rotatable bonds is 3. The van der Waals surface area contributed by atoms with Gasteiger partial charge < -0.3 is 10.0 Å². The number of carboxylic acids is 1. The van der Waals surface area contributed by atoms with E-state index in [-0.39, 0.29) is 6.04 Å². The molecular weight excluding hydrogens is 228 g/mol. The molecule has 2 unspecified atom stereocenters. The van der Waals surface area contributed by atoms with E-state index in [1.165, 1.54) is 0 Å². The molecule has 1 aliphatic rings. The van der Waals surface area contributed by atoms with Gasteiger partial charge in [0.2, 0.25) is 0 Å². The molecule has 0 aromatic heterocycles. The van der Waals surface area contributed by atoms with Crippen molar-refractivity contribution in [1.29, 1.82) is 5.26 Å². The topological polar surface area (TPSA) is 64.3 Å². The number of aliphatic carboxylic acids is 1. The number of nitriles is 1. The maximum absolute atomic E-state index is 11.2. The molecule has 0 spiro atoms. The summed E-state index contributed by atoms with van der Waals surface area (Å²) in [5.74, 6) is -1.24. The van der Waals surface area contributed by atoms with Crippen molar-refractivity contribution in [2.24, 2.45) is 0 Å². The first kappa shape index (κ1) is 12.4. The summed E-state index contributed by atoms with van der Waals surface area (Å²) in [4.78, 5) is 13.3. The Morgan fingerprint density at radius 3 is 2.94 bits per heavy atom. The summed E-state index contributed by atoms with van der Waals surface area (Å²) >= 11 is 0. The third-order valence-corrected chi connectivity index (χ3v) is 3.49. The lowest BCUT2D eigenvalue weighted by molar-refractivity contribution is -0.139. The van der Waals surface area contributed by atoms with E-state index in [4.69, 9.17) is 0 Å². The van der Waals surface area contributed by atoms with E-state index in [0.717, 1.165) is 17.7 Å². The van der Waals surface area contributed by atoms with Crippen LogP contribution in [0.3, 0.4) is 0 Å². The first-order valence-electron chi connectivity index (χ1n) is 6.17. The molecule has 1 aromatic rings. The first-order chi connectivity index (χ1) is 8.69. The van der Waals surface area contributed by atoms with Crippen LogP contribution in [0.1, 0.15) is 31.2 Å². The minimum absolute atomic E-state index is 0.180. The van der Waals surface area contributed by atoms with Crippen LogP contribution >= 0.6 is 0 Å². The smallest absolute Gasteiger partial charge is 0.311 e. The van der Waals surface area contributed by atoms with Gasteiger partial charge in [-0.2, -0.15) is 5.26 Å². The molecule has 4 heteroatoms. The predicted octanol–water partition coefficient (Wildman–Crippen LogP) is 2.37. The summed E-state index contributed by atoms with van der Waals surface area (Å²) in [6.45, 7) is 2.60. The zero-order chi connectivity index (χ0) is 13.1. The Morgan fingerprint density at radius 1 is 1.61 bits per heavy atom. The maximum Gasteiger partial charge on any atom is 0.311 e. The lowest BCUT2D eigenvalue weighted by Gasteiger charge is -2.36. The third kappa shape index (κ3) is 2.04. The van der Waals surface area contributed by atoms with E-state index in [1.807, 2.05) is 36.1 Å². The van der Waals surface area contributed by atoms with E-state index in [1.54, 1.807) is 0 Å². The molecule has 1 N–H and O–H groups in total. The van der Waals surface area contributed by atoms with Crippen LogP contribution in [-0.2, 0) is 4.79 Å². The molecule has 1 heterocycles. The van der Waals surface area contributed by atoms with E-state index >= 15 is 0 Å². The summed E-state index contributed by atoms with van der Waals surface area (Å²) in [5.41, 5.74) is 1.72. The van der Waals surface area contributed by atoms with E-state index in [0.29, 0.717) is 13.0 Å². The van der Waals surface area contributed by atoms with E-state index in [9.17, 15) is 15.2 Å². The Labute approximate surface area is 106 Å². The average Bonchev–Trinajstić information content (AvgIpc) is 2.39. The van der Waals surface area contributed by atoms with Crippen LogP contribution in [0.5, 0.6) is 0 Å². The van der Waals surface area contributed by atoms with Gasteiger partial charge in [-0.15, -0.1) is 0 Å². The van der Waals surface area contributed by atoms with Crippen LogP contribution in [0.2, 0.25) is 0 Å². The van der Waals surface area contributed by atoms with Crippen molar-refractivity contribution >= 4 is 11.7 Å². The number of anilines is 1. The molecule has 0 amide bonds. The van der Waals surface area contributed by atoms with Gasteiger partial charge in [-0.1, -0.05) is 25.1 Å². The molecule has 1 aliphatic heterocycles. The van der Waals surface area contributed by atoms with Crippen LogP contribution in [0, 0.1) is 11.3 Å². The van der Waals surface area contributed by atoms with Gasteiger partial charge in [0.05, 0.1) is 12.0 Å². The van der Waals surface area contributed by atoms with Crippen LogP contribution in [-0.4, -0.2) is 23.7 Å². The highest BCUT2D eigenvalue weighted by atomic mass is 16.4. The van der Waals surface area contributed by atoms with Gasteiger partial charge in [-0.25, -0.2) is 0 Å². The van der Waals surface area contributed by atoms with Gasteiger partial charge in [-0.3, -0.25) is 4.79 Å². The van der Waals surface area contributed by atoms with Crippen LogP contribution in [0.15, 0.2) is 24.3 Å². The highest BCUT2D eigenvalue weighted by Gasteiger charge is 2.32. The van der Waals surface area contributed by atoms with Crippen molar-refractivity contribution in [3.63, 3.8) is 0 Å². The van der Waals surface area contributed by atoms with Crippen LogP contribution < -0.4 is 4.90 Å². The van der Waals surface area contributed by atoms with Gasteiger partial charge in [-0.05, 0) is 24.5 Å². The number of carboxylic acid groups (broad SMARTS) is 1. The Hall–Kier alpha value is -2.02. The summed E-state index contributed by atoms with van der Waals surface area (Å²) in [5, 5.41) is 18.4. The number of benzene rings is 1. The van der Waals surface area contributed by atoms with Crippen molar-refractivity contribution in [3.8, 4) is 6.07 Å².